The highest BCUT2D eigenvalue weighted by atomic mass is 16.2. The molecule has 1 amide bonds. The zero-order valence-corrected chi connectivity index (χ0v) is 11.9. The molecule has 19 heavy (non-hydrogen) atoms. The van der Waals surface area contributed by atoms with Gasteiger partial charge in [-0.15, -0.1) is 0 Å². The third-order valence-electron chi connectivity index (χ3n) is 2.77. The van der Waals surface area contributed by atoms with Gasteiger partial charge in [-0.25, -0.2) is 9.97 Å². The molecule has 0 spiro atoms. The lowest BCUT2D eigenvalue weighted by Gasteiger charge is -2.17. The van der Waals surface area contributed by atoms with Gasteiger partial charge in [-0.3, -0.25) is 4.79 Å². The summed E-state index contributed by atoms with van der Waals surface area (Å²) in [6, 6.07) is -0.351. The van der Waals surface area contributed by atoms with Crippen LogP contribution in [-0.4, -0.2) is 28.5 Å². The molecule has 4 N–H and O–H groups in total. The Bertz CT molecular complexity index is 421. The second kappa shape index (κ2) is 7.56. The number of anilines is 2. The second-order valence-electron chi connectivity index (χ2n) is 4.49. The number of amides is 1. The van der Waals surface area contributed by atoms with Crippen molar-refractivity contribution in [3.05, 3.63) is 11.9 Å². The lowest BCUT2D eigenvalue weighted by Crippen LogP contribution is -2.38. The molecular weight excluding hydrogens is 242 g/mol. The molecule has 0 saturated carbocycles. The highest BCUT2D eigenvalue weighted by molar-refractivity contribution is 5.84. The topological polar surface area (TPSA) is 92.9 Å². The highest BCUT2D eigenvalue weighted by Crippen LogP contribution is 2.19. The zero-order valence-electron chi connectivity index (χ0n) is 11.9. The number of carbonyl (C=O) groups is 1. The van der Waals surface area contributed by atoms with Crippen molar-refractivity contribution in [3.8, 4) is 0 Å². The average molecular weight is 265 g/mol. The van der Waals surface area contributed by atoms with Crippen molar-refractivity contribution in [1.82, 2.24) is 15.3 Å². The van der Waals surface area contributed by atoms with Gasteiger partial charge in [0.15, 0.2) is 0 Å². The minimum Gasteiger partial charge on any atom is -0.383 e. The monoisotopic (exact) mass is 265 g/mol. The van der Waals surface area contributed by atoms with Crippen LogP contribution in [0.25, 0.3) is 0 Å². The minimum atomic E-state index is -0.351. The van der Waals surface area contributed by atoms with E-state index >= 15 is 0 Å². The summed E-state index contributed by atoms with van der Waals surface area (Å²) in [6.45, 7) is 6.56. The summed E-state index contributed by atoms with van der Waals surface area (Å²) in [5.41, 5.74) is 6.72. The van der Waals surface area contributed by atoms with Crippen LogP contribution in [0.1, 0.15) is 39.2 Å². The van der Waals surface area contributed by atoms with Crippen molar-refractivity contribution in [2.24, 2.45) is 0 Å². The molecule has 6 heteroatoms. The zero-order chi connectivity index (χ0) is 14.3. The summed E-state index contributed by atoms with van der Waals surface area (Å²) < 4.78 is 0. The van der Waals surface area contributed by atoms with Gasteiger partial charge in [0.1, 0.15) is 24.0 Å². The summed E-state index contributed by atoms with van der Waals surface area (Å²) in [4.78, 5) is 20.0. The van der Waals surface area contributed by atoms with Gasteiger partial charge in [0.25, 0.3) is 0 Å². The number of nitrogen functional groups attached to an aromatic ring is 1. The summed E-state index contributed by atoms with van der Waals surface area (Å²) in [7, 11) is 0. The molecule has 1 aromatic heterocycles. The summed E-state index contributed by atoms with van der Waals surface area (Å²) in [6.07, 6.45) is 4.06. The molecule has 1 unspecified atom stereocenters. The molecule has 0 radical (unpaired) electrons. The van der Waals surface area contributed by atoms with Crippen molar-refractivity contribution in [3.63, 3.8) is 0 Å². The van der Waals surface area contributed by atoms with Gasteiger partial charge in [0.05, 0.1) is 0 Å². The van der Waals surface area contributed by atoms with Crippen LogP contribution in [0.5, 0.6) is 0 Å². The SMILES string of the molecule is CCCNC(=O)C(C)Nc1ncnc(N)c1CCC. The standard InChI is InChI=1S/C13H23N5O/c1-4-6-10-11(14)16-8-17-12(10)18-9(3)13(19)15-7-5-2/h8-9H,4-7H2,1-3H3,(H,15,19)(H3,14,16,17,18). The Morgan fingerprint density at radius 1 is 1.37 bits per heavy atom. The largest absolute Gasteiger partial charge is 0.383 e. The average Bonchev–Trinajstić information content (AvgIpc) is 2.39. The first-order valence-electron chi connectivity index (χ1n) is 6.73. The predicted molar refractivity (Wildman–Crippen MR) is 76.8 cm³/mol. The maximum Gasteiger partial charge on any atom is 0.242 e. The Morgan fingerprint density at radius 2 is 2.11 bits per heavy atom. The molecule has 0 bridgehead atoms. The van der Waals surface area contributed by atoms with Gasteiger partial charge in [-0.2, -0.15) is 0 Å². The highest BCUT2D eigenvalue weighted by Gasteiger charge is 2.15. The van der Waals surface area contributed by atoms with Gasteiger partial charge in [0.2, 0.25) is 5.91 Å². The Kier molecular flexibility index (Phi) is 6.05. The Balaban J connectivity index is 2.75. The number of rotatable bonds is 7. The van der Waals surface area contributed by atoms with Crippen molar-refractivity contribution >= 4 is 17.5 Å². The van der Waals surface area contributed by atoms with E-state index in [1.165, 1.54) is 6.33 Å². The summed E-state index contributed by atoms with van der Waals surface area (Å²) in [5, 5.41) is 5.94. The van der Waals surface area contributed by atoms with Crippen LogP contribution in [0, 0.1) is 0 Å². The fourth-order valence-electron chi connectivity index (χ4n) is 1.72. The van der Waals surface area contributed by atoms with E-state index in [4.69, 9.17) is 5.73 Å². The molecule has 0 fully saturated rings. The molecule has 0 aliphatic carbocycles. The first-order valence-corrected chi connectivity index (χ1v) is 6.73. The van der Waals surface area contributed by atoms with E-state index in [2.05, 4.69) is 27.5 Å². The Morgan fingerprint density at radius 3 is 2.74 bits per heavy atom. The lowest BCUT2D eigenvalue weighted by molar-refractivity contribution is -0.121. The number of aromatic nitrogens is 2. The molecule has 1 heterocycles. The minimum absolute atomic E-state index is 0.0403. The van der Waals surface area contributed by atoms with E-state index in [1.54, 1.807) is 6.92 Å². The van der Waals surface area contributed by atoms with Crippen molar-refractivity contribution in [2.45, 2.75) is 46.1 Å². The number of carbonyl (C=O) groups excluding carboxylic acids is 1. The van der Waals surface area contributed by atoms with Crippen molar-refractivity contribution < 1.29 is 4.79 Å². The molecule has 0 aliphatic heterocycles. The van der Waals surface area contributed by atoms with Crippen LogP contribution in [0.4, 0.5) is 11.6 Å². The summed E-state index contributed by atoms with van der Waals surface area (Å²) >= 11 is 0. The fourth-order valence-corrected chi connectivity index (χ4v) is 1.72. The number of hydrogen-bond acceptors (Lipinski definition) is 5. The van der Waals surface area contributed by atoms with Crippen LogP contribution in [0.2, 0.25) is 0 Å². The fraction of sp³-hybridized carbons (Fsp3) is 0.615. The number of nitrogens with two attached hydrogens (primary N) is 1. The van der Waals surface area contributed by atoms with E-state index in [0.717, 1.165) is 24.8 Å². The maximum absolute atomic E-state index is 11.8. The van der Waals surface area contributed by atoms with Crippen LogP contribution < -0.4 is 16.4 Å². The quantitative estimate of drug-likeness (QED) is 0.691. The van der Waals surface area contributed by atoms with E-state index in [-0.39, 0.29) is 11.9 Å². The molecule has 0 aromatic carbocycles. The van der Waals surface area contributed by atoms with E-state index in [9.17, 15) is 4.79 Å². The number of hydrogen-bond donors (Lipinski definition) is 3. The van der Waals surface area contributed by atoms with Gasteiger partial charge in [-0.1, -0.05) is 20.3 Å². The van der Waals surface area contributed by atoms with E-state index in [1.807, 2.05) is 6.92 Å². The maximum atomic E-state index is 11.8. The molecule has 1 atom stereocenters. The third-order valence-corrected chi connectivity index (χ3v) is 2.77. The number of nitrogens with zero attached hydrogens (tertiary/aromatic N) is 2. The molecule has 1 aromatic rings. The normalized spacial score (nSPS) is 11.9. The smallest absolute Gasteiger partial charge is 0.242 e. The van der Waals surface area contributed by atoms with Gasteiger partial charge < -0.3 is 16.4 Å². The second-order valence-corrected chi connectivity index (χ2v) is 4.49. The summed E-state index contributed by atoms with van der Waals surface area (Å²) in [5.74, 6) is 1.08. The Hall–Kier alpha value is -1.85. The van der Waals surface area contributed by atoms with Crippen LogP contribution >= 0.6 is 0 Å². The molecule has 1 rings (SSSR count). The first-order chi connectivity index (χ1) is 9.10. The van der Waals surface area contributed by atoms with Gasteiger partial charge in [0, 0.05) is 12.1 Å². The van der Waals surface area contributed by atoms with Crippen LogP contribution in [0.3, 0.4) is 0 Å². The molecule has 106 valence electrons. The van der Waals surface area contributed by atoms with E-state index in [0.29, 0.717) is 18.2 Å². The molecular formula is C13H23N5O. The van der Waals surface area contributed by atoms with E-state index < -0.39 is 0 Å². The lowest BCUT2D eigenvalue weighted by atomic mass is 10.1. The first kappa shape index (κ1) is 15.2. The van der Waals surface area contributed by atoms with Gasteiger partial charge >= 0.3 is 0 Å². The van der Waals surface area contributed by atoms with Crippen molar-refractivity contribution in [1.29, 1.82) is 0 Å². The molecule has 0 aliphatic rings. The van der Waals surface area contributed by atoms with Crippen molar-refractivity contribution in [2.75, 3.05) is 17.6 Å². The predicted octanol–water partition coefficient (Wildman–Crippen LogP) is 1.34. The third kappa shape index (κ3) is 4.39. The van der Waals surface area contributed by atoms with Crippen LogP contribution in [0.15, 0.2) is 6.33 Å². The van der Waals surface area contributed by atoms with Crippen LogP contribution in [-0.2, 0) is 11.2 Å². The Labute approximate surface area is 114 Å². The van der Waals surface area contributed by atoms with Gasteiger partial charge in [-0.05, 0) is 19.8 Å². The molecule has 0 saturated heterocycles. The number of nitrogens with one attached hydrogen (secondary N) is 2. The molecule has 6 nitrogen and oxygen atoms in total.